The number of halogens is 1. The first-order valence-electron chi connectivity index (χ1n) is 6.19. The van der Waals surface area contributed by atoms with Crippen molar-refractivity contribution in [2.45, 2.75) is 6.92 Å². The molecule has 0 unspecified atom stereocenters. The van der Waals surface area contributed by atoms with Crippen molar-refractivity contribution in [1.29, 1.82) is 0 Å². The van der Waals surface area contributed by atoms with Gasteiger partial charge in [-0.2, -0.15) is 0 Å². The van der Waals surface area contributed by atoms with Crippen molar-refractivity contribution in [2.24, 2.45) is 0 Å². The Bertz CT molecular complexity index is 795. The number of benzene rings is 1. The van der Waals surface area contributed by atoms with Gasteiger partial charge in [0.15, 0.2) is 5.65 Å². The van der Waals surface area contributed by atoms with Crippen molar-refractivity contribution in [3.8, 4) is 17.0 Å². The third-order valence-electron chi connectivity index (χ3n) is 3.31. The molecule has 0 saturated heterocycles. The summed E-state index contributed by atoms with van der Waals surface area (Å²) in [7, 11) is 1.65. The SMILES string of the molecule is COc1ccc(-c2nc3c(Cl)cccn3c2N)cc1C. The highest BCUT2D eigenvalue weighted by atomic mass is 35.5. The number of anilines is 1. The molecule has 0 spiro atoms. The van der Waals surface area contributed by atoms with Crippen LogP contribution in [0.2, 0.25) is 5.02 Å². The summed E-state index contributed by atoms with van der Waals surface area (Å²) < 4.78 is 7.06. The molecular formula is C15H14ClN3O. The Kier molecular flexibility index (Phi) is 3.03. The van der Waals surface area contributed by atoms with Crippen molar-refractivity contribution in [2.75, 3.05) is 12.8 Å². The second kappa shape index (κ2) is 4.72. The maximum atomic E-state index is 6.17. The van der Waals surface area contributed by atoms with E-state index in [1.807, 2.05) is 37.4 Å². The Balaban J connectivity index is 2.22. The van der Waals surface area contributed by atoms with Crippen molar-refractivity contribution in [1.82, 2.24) is 9.38 Å². The molecule has 2 N–H and O–H groups in total. The minimum atomic E-state index is 0.576. The van der Waals surface area contributed by atoms with E-state index in [4.69, 9.17) is 22.1 Å². The molecule has 0 saturated carbocycles. The normalized spacial score (nSPS) is 10.9. The highest BCUT2D eigenvalue weighted by molar-refractivity contribution is 6.33. The van der Waals surface area contributed by atoms with Crippen LogP contribution in [0.15, 0.2) is 36.5 Å². The smallest absolute Gasteiger partial charge is 0.157 e. The van der Waals surface area contributed by atoms with Gasteiger partial charge < -0.3 is 10.5 Å². The molecule has 0 radical (unpaired) electrons. The van der Waals surface area contributed by atoms with Crippen LogP contribution < -0.4 is 10.5 Å². The summed E-state index contributed by atoms with van der Waals surface area (Å²) in [6, 6.07) is 9.50. The number of ether oxygens (including phenoxy) is 1. The number of fused-ring (bicyclic) bond motifs is 1. The highest BCUT2D eigenvalue weighted by Gasteiger charge is 2.14. The molecule has 102 valence electrons. The second-order valence-electron chi connectivity index (χ2n) is 4.58. The average Bonchev–Trinajstić information content (AvgIpc) is 2.78. The van der Waals surface area contributed by atoms with Crippen LogP contribution in [0.4, 0.5) is 5.82 Å². The van der Waals surface area contributed by atoms with Gasteiger partial charge in [0.1, 0.15) is 17.3 Å². The largest absolute Gasteiger partial charge is 0.496 e. The molecular weight excluding hydrogens is 274 g/mol. The van der Waals surface area contributed by atoms with Gasteiger partial charge in [0, 0.05) is 11.8 Å². The number of hydrogen-bond donors (Lipinski definition) is 1. The summed E-state index contributed by atoms with van der Waals surface area (Å²) in [6.45, 7) is 1.99. The molecule has 4 nitrogen and oxygen atoms in total. The molecule has 5 heteroatoms. The van der Waals surface area contributed by atoms with Crippen LogP contribution in [-0.4, -0.2) is 16.5 Å². The molecule has 20 heavy (non-hydrogen) atoms. The van der Waals surface area contributed by atoms with Crippen molar-refractivity contribution in [3.63, 3.8) is 0 Å². The summed E-state index contributed by atoms with van der Waals surface area (Å²) in [5.74, 6) is 1.42. The molecule has 2 aromatic heterocycles. The second-order valence-corrected chi connectivity index (χ2v) is 4.99. The summed E-state index contributed by atoms with van der Waals surface area (Å²) >= 11 is 6.15. The van der Waals surface area contributed by atoms with E-state index < -0.39 is 0 Å². The van der Waals surface area contributed by atoms with E-state index in [0.29, 0.717) is 16.5 Å². The summed E-state index contributed by atoms with van der Waals surface area (Å²) in [6.07, 6.45) is 1.85. The number of aromatic nitrogens is 2. The molecule has 1 aromatic carbocycles. The van der Waals surface area contributed by atoms with Crippen LogP contribution in [-0.2, 0) is 0 Å². The lowest BCUT2D eigenvalue weighted by molar-refractivity contribution is 0.412. The lowest BCUT2D eigenvalue weighted by Gasteiger charge is -2.06. The maximum absolute atomic E-state index is 6.17. The topological polar surface area (TPSA) is 52.5 Å². The van der Waals surface area contributed by atoms with Crippen LogP contribution in [0.1, 0.15) is 5.56 Å². The number of aryl methyl sites for hydroxylation is 1. The van der Waals surface area contributed by atoms with E-state index in [-0.39, 0.29) is 0 Å². The minimum Gasteiger partial charge on any atom is -0.496 e. The first-order chi connectivity index (χ1) is 9.61. The first kappa shape index (κ1) is 12.8. The molecule has 0 amide bonds. The summed E-state index contributed by atoms with van der Waals surface area (Å²) in [5.41, 5.74) is 9.54. The molecule has 3 aromatic rings. The Morgan fingerprint density at radius 3 is 2.75 bits per heavy atom. The standard InChI is InChI=1S/C15H14ClN3O/c1-9-8-10(5-6-12(9)20-2)13-14(17)19-7-3-4-11(16)15(19)18-13/h3-8H,17H2,1-2H3. The van der Waals surface area contributed by atoms with Gasteiger partial charge in [-0.3, -0.25) is 4.40 Å². The lowest BCUT2D eigenvalue weighted by Crippen LogP contribution is -1.94. The zero-order chi connectivity index (χ0) is 14.3. The number of imidazole rings is 1. The minimum absolute atomic E-state index is 0.576. The molecule has 0 aliphatic heterocycles. The van der Waals surface area contributed by atoms with E-state index in [1.165, 1.54) is 0 Å². The summed E-state index contributed by atoms with van der Waals surface area (Å²) in [5, 5.41) is 0.579. The van der Waals surface area contributed by atoms with Crippen molar-refractivity contribution in [3.05, 3.63) is 47.1 Å². The molecule has 0 aliphatic rings. The number of pyridine rings is 1. The van der Waals surface area contributed by atoms with Gasteiger partial charge in [0.05, 0.1) is 12.1 Å². The number of rotatable bonds is 2. The van der Waals surface area contributed by atoms with E-state index in [0.717, 1.165) is 22.6 Å². The van der Waals surface area contributed by atoms with E-state index >= 15 is 0 Å². The lowest BCUT2D eigenvalue weighted by atomic mass is 10.1. The van der Waals surface area contributed by atoms with Gasteiger partial charge in [-0.25, -0.2) is 4.98 Å². The fourth-order valence-electron chi connectivity index (χ4n) is 2.29. The highest BCUT2D eigenvalue weighted by Crippen LogP contribution is 2.31. The van der Waals surface area contributed by atoms with Gasteiger partial charge in [0.2, 0.25) is 0 Å². The van der Waals surface area contributed by atoms with Crippen molar-refractivity contribution < 1.29 is 4.74 Å². The van der Waals surface area contributed by atoms with Gasteiger partial charge in [-0.15, -0.1) is 0 Å². The molecule has 2 heterocycles. The van der Waals surface area contributed by atoms with Gasteiger partial charge in [-0.1, -0.05) is 11.6 Å². The monoisotopic (exact) mass is 287 g/mol. The number of methoxy groups -OCH3 is 1. The summed E-state index contributed by atoms with van der Waals surface area (Å²) in [4.78, 5) is 4.54. The van der Waals surface area contributed by atoms with Crippen LogP contribution in [0, 0.1) is 6.92 Å². The predicted octanol–water partition coefficient (Wildman–Crippen LogP) is 3.55. The molecule has 0 bridgehead atoms. The quantitative estimate of drug-likeness (QED) is 0.784. The third-order valence-corrected chi connectivity index (χ3v) is 3.60. The number of nitrogens with two attached hydrogens (primary N) is 1. The number of nitrogens with zero attached hydrogens (tertiary/aromatic N) is 2. The molecule has 0 fully saturated rings. The van der Waals surface area contributed by atoms with E-state index in [1.54, 1.807) is 17.6 Å². The van der Waals surface area contributed by atoms with Gasteiger partial charge >= 0.3 is 0 Å². The first-order valence-corrected chi connectivity index (χ1v) is 6.56. The zero-order valence-corrected chi connectivity index (χ0v) is 12.0. The Hall–Kier alpha value is -2.20. The Morgan fingerprint density at radius 2 is 2.10 bits per heavy atom. The number of hydrogen-bond acceptors (Lipinski definition) is 3. The predicted molar refractivity (Wildman–Crippen MR) is 81.3 cm³/mol. The fraction of sp³-hybridized carbons (Fsp3) is 0.133. The zero-order valence-electron chi connectivity index (χ0n) is 11.2. The van der Waals surface area contributed by atoms with Gasteiger partial charge in [-0.05, 0) is 42.8 Å². The Labute approximate surface area is 121 Å². The van der Waals surface area contributed by atoms with Crippen molar-refractivity contribution >= 4 is 23.1 Å². The molecule has 0 atom stereocenters. The van der Waals surface area contributed by atoms with Crippen LogP contribution in [0.3, 0.4) is 0 Å². The third kappa shape index (κ3) is 1.89. The van der Waals surface area contributed by atoms with E-state index in [2.05, 4.69) is 4.98 Å². The van der Waals surface area contributed by atoms with Crippen LogP contribution in [0.5, 0.6) is 5.75 Å². The maximum Gasteiger partial charge on any atom is 0.157 e. The fourth-order valence-corrected chi connectivity index (χ4v) is 2.50. The van der Waals surface area contributed by atoms with Crippen LogP contribution in [0.25, 0.3) is 16.9 Å². The average molecular weight is 288 g/mol. The molecule has 0 aliphatic carbocycles. The molecule has 3 rings (SSSR count). The van der Waals surface area contributed by atoms with E-state index in [9.17, 15) is 0 Å². The Morgan fingerprint density at radius 1 is 1.30 bits per heavy atom. The number of nitrogen functional groups attached to an aromatic ring is 1. The van der Waals surface area contributed by atoms with Gasteiger partial charge in [0.25, 0.3) is 0 Å². The van der Waals surface area contributed by atoms with Crippen LogP contribution >= 0.6 is 11.6 Å².